The van der Waals surface area contributed by atoms with Crippen LogP contribution in [0.1, 0.15) is 31.1 Å². The molecule has 8 nitrogen and oxygen atoms in total. The Hall–Kier alpha value is -3.29. The minimum atomic E-state index is -0.379. The van der Waals surface area contributed by atoms with Crippen molar-refractivity contribution in [2.24, 2.45) is 0 Å². The summed E-state index contributed by atoms with van der Waals surface area (Å²) in [5.41, 5.74) is 2.14. The van der Waals surface area contributed by atoms with Gasteiger partial charge >= 0.3 is 0 Å². The van der Waals surface area contributed by atoms with Gasteiger partial charge in [-0.2, -0.15) is 0 Å². The van der Waals surface area contributed by atoms with Crippen LogP contribution >= 0.6 is 0 Å². The van der Waals surface area contributed by atoms with E-state index in [2.05, 4.69) is 10.2 Å². The Morgan fingerprint density at radius 3 is 2.37 bits per heavy atom. The van der Waals surface area contributed by atoms with E-state index in [-0.39, 0.29) is 22.6 Å². The van der Waals surface area contributed by atoms with Gasteiger partial charge in [-0.15, -0.1) is 0 Å². The van der Waals surface area contributed by atoms with Gasteiger partial charge in [0.05, 0.1) is 11.0 Å². The van der Waals surface area contributed by atoms with Crippen LogP contribution in [0.15, 0.2) is 42.5 Å². The molecule has 8 heteroatoms. The van der Waals surface area contributed by atoms with Crippen LogP contribution in [0.5, 0.6) is 5.75 Å². The molecule has 0 radical (unpaired) electrons. The molecule has 1 amide bonds. The molecule has 0 spiro atoms. The van der Waals surface area contributed by atoms with Gasteiger partial charge in [-0.3, -0.25) is 14.9 Å². The van der Waals surface area contributed by atoms with Crippen molar-refractivity contribution in [3.8, 4) is 5.75 Å². The zero-order valence-electron chi connectivity index (χ0n) is 17.6. The molecule has 0 saturated carbocycles. The number of anilines is 2. The number of nitrogens with zero attached hydrogens (tertiary/aromatic N) is 3. The number of nitro benzene ring substituents is 1. The number of amides is 1. The number of ether oxygens (including phenoxy) is 1. The molecular weight excluding hydrogens is 384 g/mol. The van der Waals surface area contributed by atoms with Crippen LogP contribution in [-0.2, 0) is 0 Å². The molecule has 2 aromatic rings. The Morgan fingerprint density at radius 2 is 1.80 bits per heavy atom. The van der Waals surface area contributed by atoms with Crippen LogP contribution in [0.2, 0.25) is 0 Å². The van der Waals surface area contributed by atoms with E-state index in [4.69, 9.17) is 4.74 Å². The number of piperazine rings is 1. The molecule has 160 valence electrons. The lowest BCUT2D eigenvalue weighted by molar-refractivity contribution is -0.383. The second kappa shape index (κ2) is 9.47. The second-order valence-electron chi connectivity index (χ2n) is 7.46. The monoisotopic (exact) mass is 412 g/mol. The first-order valence-corrected chi connectivity index (χ1v) is 10.2. The highest BCUT2D eigenvalue weighted by Crippen LogP contribution is 2.30. The molecule has 2 aromatic carbocycles. The smallest absolute Gasteiger partial charge is 0.292 e. The summed E-state index contributed by atoms with van der Waals surface area (Å²) in [7, 11) is 0. The third-order valence-electron chi connectivity index (χ3n) is 4.95. The van der Waals surface area contributed by atoms with Crippen LogP contribution in [0.25, 0.3) is 0 Å². The second-order valence-corrected chi connectivity index (χ2v) is 7.46. The van der Waals surface area contributed by atoms with Crippen LogP contribution in [0.4, 0.5) is 17.1 Å². The van der Waals surface area contributed by atoms with Gasteiger partial charge in [0.1, 0.15) is 11.4 Å². The van der Waals surface area contributed by atoms with E-state index in [0.717, 1.165) is 11.4 Å². The van der Waals surface area contributed by atoms with Crippen LogP contribution in [0, 0.1) is 10.1 Å². The summed E-state index contributed by atoms with van der Waals surface area (Å²) in [6.45, 7) is 8.96. The van der Waals surface area contributed by atoms with Gasteiger partial charge in [-0.1, -0.05) is 0 Å². The Morgan fingerprint density at radius 1 is 1.13 bits per heavy atom. The molecule has 1 heterocycles. The van der Waals surface area contributed by atoms with Crippen LogP contribution in [-0.4, -0.2) is 54.6 Å². The molecule has 30 heavy (non-hydrogen) atoms. The minimum absolute atomic E-state index is 0.00258. The Bertz CT molecular complexity index is 891. The lowest BCUT2D eigenvalue weighted by Crippen LogP contribution is -2.48. The molecule has 0 aromatic heterocycles. The molecule has 0 atom stereocenters. The van der Waals surface area contributed by atoms with Crippen molar-refractivity contribution in [2.45, 2.75) is 26.9 Å². The van der Waals surface area contributed by atoms with E-state index in [0.29, 0.717) is 44.0 Å². The number of hydrogen-bond acceptors (Lipinski definition) is 6. The van der Waals surface area contributed by atoms with Crippen molar-refractivity contribution in [2.75, 3.05) is 42.9 Å². The topological polar surface area (TPSA) is 88.0 Å². The zero-order valence-corrected chi connectivity index (χ0v) is 17.6. The fraction of sp³-hybridized carbons (Fsp3) is 0.409. The summed E-state index contributed by atoms with van der Waals surface area (Å²) in [5.74, 6) is 0.754. The van der Waals surface area contributed by atoms with Gasteiger partial charge in [0.25, 0.3) is 11.6 Å². The number of benzene rings is 2. The van der Waals surface area contributed by atoms with E-state index in [1.165, 1.54) is 6.07 Å². The molecular formula is C22H28N4O4. The third kappa shape index (κ3) is 5.00. The number of carbonyl (C=O) groups is 1. The normalized spacial score (nSPS) is 14.0. The van der Waals surface area contributed by atoms with E-state index in [9.17, 15) is 14.9 Å². The van der Waals surface area contributed by atoms with Crippen molar-refractivity contribution in [1.82, 2.24) is 4.90 Å². The van der Waals surface area contributed by atoms with Crippen molar-refractivity contribution < 1.29 is 14.5 Å². The summed E-state index contributed by atoms with van der Waals surface area (Å²) in [6.07, 6.45) is 0.0899. The average molecular weight is 412 g/mol. The van der Waals surface area contributed by atoms with Crippen LogP contribution in [0.3, 0.4) is 0 Å². The lowest BCUT2D eigenvalue weighted by Gasteiger charge is -2.36. The highest BCUT2D eigenvalue weighted by Gasteiger charge is 2.24. The molecule has 1 aliphatic heterocycles. The molecule has 1 N–H and O–H groups in total. The van der Waals surface area contributed by atoms with E-state index in [1.807, 2.05) is 43.9 Å². The maximum Gasteiger partial charge on any atom is 0.292 e. The maximum absolute atomic E-state index is 12.8. The highest BCUT2D eigenvalue weighted by molar-refractivity contribution is 5.94. The lowest BCUT2D eigenvalue weighted by atomic mass is 10.1. The van der Waals surface area contributed by atoms with Crippen molar-refractivity contribution in [3.05, 3.63) is 58.1 Å². The number of carbonyl (C=O) groups excluding carboxylic acids is 1. The van der Waals surface area contributed by atoms with E-state index in [1.54, 1.807) is 18.2 Å². The Balaban J connectivity index is 1.63. The fourth-order valence-corrected chi connectivity index (χ4v) is 3.51. The largest absolute Gasteiger partial charge is 0.491 e. The molecule has 1 aliphatic rings. The molecule has 1 fully saturated rings. The van der Waals surface area contributed by atoms with Gasteiger partial charge in [0, 0.05) is 50.0 Å². The summed E-state index contributed by atoms with van der Waals surface area (Å²) in [6, 6.07) is 12.4. The standard InChI is InChI=1S/C22H28N4O4/c1-4-23-20-15-18(7-10-21(20)26(28)29)24-11-13-25(14-12-24)22(27)17-5-8-19(9-6-17)30-16(2)3/h5-10,15-16,23H,4,11-14H2,1-3H3. The molecule has 1 saturated heterocycles. The highest BCUT2D eigenvalue weighted by atomic mass is 16.6. The van der Waals surface area contributed by atoms with Gasteiger partial charge in [-0.25, -0.2) is 0 Å². The summed E-state index contributed by atoms with van der Waals surface area (Å²) < 4.78 is 5.63. The minimum Gasteiger partial charge on any atom is -0.491 e. The number of nitro groups is 1. The van der Waals surface area contributed by atoms with Gasteiger partial charge in [0.2, 0.25) is 0 Å². The quantitative estimate of drug-likeness (QED) is 0.550. The summed E-state index contributed by atoms with van der Waals surface area (Å²) >= 11 is 0. The van der Waals surface area contributed by atoms with E-state index < -0.39 is 0 Å². The molecule has 0 unspecified atom stereocenters. The SMILES string of the molecule is CCNc1cc(N2CCN(C(=O)c3ccc(OC(C)C)cc3)CC2)ccc1[N+](=O)[O-]. The van der Waals surface area contributed by atoms with Crippen molar-refractivity contribution in [1.29, 1.82) is 0 Å². The zero-order chi connectivity index (χ0) is 21.7. The van der Waals surface area contributed by atoms with Gasteiger partial charge in [0.15, 0.2) is 0 Å². The number of rotatable bonds is 7. The third-order valence-corrected chi connectivity index (χ3v) is 4.95. The van der Waals surface area contributed by atoms with Crippen molar-refractivity contribution >= 4 is 23.0 Å². The van der Waals surface area contributed by atoms with E-state index >= 15 is 0 Å². The fourth-order valence-electron chi connectivity index (χ4n) is 3.51. The molecule has 3 rings (SSSR count). The first-order valence-electron chi connectivity index (χ1n) is 10.2. The first-order chi connectivity index (χ1) is 14.4. The number of nitrogens with one attached hydrogen (secondary N) is 1. The van der Waals surface area contributed by atoms with Crippen LogP contribution < -0.4 is 15.0 Å². The summed E-state index contributed by atoms with van der Waals surface area (Å²) in [5, 5.41) is 14.3. The Kier molecular flexibility index (Phi) is 6.76. The predicted molar refractivity (Wildman–Crippen MR) is 118 cm³/mol. The summed E-state index contributed by atoms with van der Waals surface area (Å²) in [4.78, 5) is 27.6. The average Bonchev–Trinajstić information content (AvgIpc) is 2.73. The predicted octanol–water partition coefficient (Wildman–Crippen LogP) is 3.78. The molecule has 0 aliphatic carbocycles. The van der Waals surface area contributed by atoms with Crippen molar-refractivity contribution in [3.63, 3.8) is 0 Å². The van der Waals surface area contributed by atoms with Gasteiger partial charge < -0.3 is 19.9 Å². The maximum atomic E-state index is 12.8. The molecule has 0 bridgehead atoms. The first kappa shape index (κ1) is 21.4. The van der Waals surface area contributed by atoms with Gasteiger partial charge in [-0.05, 0) is 57.2 Å². The number of hydrogen-bond donors (Lipinski definition) is 1. The Labute approximate surface area is 176 Å².